The number of alkyl halides is 1. The lowest BCUT2D eigenvalue weighted by atomic mass is 9.78. The molecule has 0 amide bonds. The van der Waals surface area contributed by atoms with Crippen molar-refractivity contribution in [2.24, 2.45) is 5.92 Å². The number of sulfonamides is 1. The SMILES string of the molecule is CC1CCCC(CBr)(NS(=O)(=O)CCOC(C)C)C1. The van der Waals surface area contributed by atoms with Gasteiger partial charge in [-0.25, -0.2) is 13.1 Å². The van der Waals surface area contributed by atoms with Crippen LogP contribution in [-0.2, 0) is 14.8 Å². The lowest BCUT2D eigenvalue weighted by molar-refractivity contribution is 0.0909. The van der Waals surface area contributed by atoms with Gasteiger partial charge < -0.3 is 4.74 Å². The standard InChI is InChI=1S/C13H26BrNO3S/c1-11(2)18-7-8-19(16,17)15-13(10-14)6-4-5-12(3)9-13/h11-12,15H,4-10H2,1-3H3. The highest BCUT2D eigenvalue weighted by Gasteiger charge is 2.37. The predicted octanol–water partition coefficient (Wildman–Crippen LogP) is 2.67. The number of hydrogen-bond donors (Lipinski definition) is 1. The summed E-state index contributed by atoms with van der Waals surface area (Å²) in [4.78, 5) is 0. The van der Waals surface area contributed by atoms with E-state index in [4.69, 9.17) is 4.74 Å². The number of hydrogen-bond acceptors (Lipinski definition) is 3. The van der Waals surface area contributed by atoms with Gasteiger partial charge in [-0.3, -0.25) is 0 Å². The molecular formula is C13H26BrNO3S. The van der Waals surface area contributed by atoms with Crippen LogP contribution in [0.25, 0.3) is 0 Å². The van der Waals surface area contributed by atoms with Crippen LogP contribution >= 0.6 is 15.9 Å². The Morgan fingerprint density at radius 2 is 2.16 bits per heavy atom. The Balaban J connectivity index is 2.58. The van der Waals surface area contributed by atoms with Gasteiger partial charge in [-0.1, -0.05) is 35.7 Å². The molecule has 1 fully saturated rings. The van der Waals surface area contributed by atoms with E-state index in [1.54, 1.807) is 0 Å². The molecule has 0 saturated heterocycles. The number of rotatable bonds is 7. The summed E-state index contributed by atoms with van der Waals surface area (Å²) in [6.07, 6.45) is 4.15. The third kappa shape index (κ3) is 6.10. The van der Waals surface area contributed by atoms with Crippen LogP contribution in [0.3, 0.4) is 0 Å². The van der Waals surface area contributed by atoms with Gasteiger partial charge >= 0.3 is 0 Å². The van der Waals surface area contributed by atoms with Gasteiger partial charge in [-0.15, -0.1) is 0 Å². The minimum absolute atomic E-state index is 0.0360. The maximum Gasteiger partial charge on any atom is 0.214 e. The minimum atomic E-state index is -3.28. The molecule has 6 heteroatoms. The third-order valence-corrected chi connectivity index (χ3v) is 6.04. The van der Waals surface area contributed by atoms with E-state index in [1.807, 2.05) is 13.8 Å². The third-order valence-electron chi connectivity index (χ3n) is 3.52. The van der Waals surface area contributed by atoms with E-state index in [1.165, 1.54) is 6.42 Å². The molecule has 0 aromatic rings. The van der Waals surface area contributed by atoms with Crippen LogP contribution in [0.5, 0.6) is 0 Å². The fraction of sp³-hybridized carbons (Fsp3) is 1.00. The van der Waals surface area contributed by atoms with Gasteiger partial charge in [0.05, 0.1) is 18.5 Å². The quantitative estimate of drug-likeness (QED) is 0.714. The normalized spacial score (nSPS) is 28.8. The van der Waals surface area contributed by atoms with Crippen molar-refractivity contribution in [3.63, 3.8) is 0 Å². The van der Waals surface area contributed by atoms with Crippen LogP contribution in [0.4, 0.5) is 0 Å². The summed E-state index contributed by atoms with van der Waals surface area (Å²) in [5.41, 5.74) is -0.311. The van der Waals surface area contributed by atoms with Crippen molar-refractivity contribution < 1.29 is 13.2 Å². The second-order valence-corrected chi connectivity index (χ2v) is 8.36. The lowest BCUT2D eigenvalue weighted by Crippen LogP contribution is -2.53. The monoisotopic (exact) mass is 355 g/mol. The van der Waals surface area contributed by atoms with Crippen LogP contribution in [0, 0.1) is 5.92 Å². The fourth-order valence-electron chi connectivity index (χ4n) is 2.68. The first-order valence-corrected chi connectivity index (χ1v) is 9.75. The molecule has 4 nitrogen and oxygen atoms in total. The summed E-state index contributed by atoms with van der Waals surface area (Å²) in [7, 11) is -3.28. The second kappa shape index (κ2) is 7.38. The van der Waals surface area contributed by atoms with Gasteiger partial charge in [0.15, 0.2) is 0 Å². The van der Waals surface area contributed by atoms with E-state index in [0.29, 0.717) is 11.2 Å². The number of halogens is 1. The smallest absolute Gasteiger partial charge is 0.214 e. The first-order chi connectivity index (χ1) is 8.79. The van der Waals surface area contributed by atoms with Gasteiger partial charge in [0, 0.05) is 10.9 Å². The van der Waals surface area contributed by atoms with Crippen molar-refractivity contribution in [1.29, 1.82) is 0 Å². The molecule has 0 heterocycles. The molecule has 2 unspecified atom stereocenters. The van der Waals surface area contributed by atoms with Crippen molar-refractivity contribution in [2.45, 2.75) is 58.1 Å². The highest BCUT2D eigenvalue weighted by Crippen LogP contribution is 2.34. The van der Waals surface area contributed by atoms with Gasteiger partial charge in [-0.2, -0.15) is 0 Å². The molecule has 1 rings (SSSR count). The van der Waals surface area contributed by atoms with Crippen LogP contribution < -0.4 is 4.72 Å². The first kappa shape index (κ1) is 17.4. The summed E-state index contributed by atoms with van der Waals surface area (Å²) in [5, 5.41) is 0.675. The zero-order chi connectivity index (χ0) is 14.5. The van der Waals surface area contributed by atoms with E-state index < -0.39 is 10.0 Å². The summed E-state index contributed by atoms with van der Waals surface area (Å²) in [5.74, 6) is 0.606. The zero-order valence-corrected chi connectivity index (χ0v) is 14.5. The predicted molar refractivity (Wildman–Crippen MR) is 82.2 cm³/mol. The Morgan fingerprint density at radius 1 is 1.47 bits per heavy atom. The van der Waals surface area contributed by atoms with E-state index in [-0.39, 0.29) is 24.0 Å². The molecule has 2 atom stereocenters. The largest absolute Gasteiger partial charge is 0.378 e. The maximum absolute atomic E-state index is 12.1. The molecule has 114 valence electrons. The minimum Gasteiger partial charge on any atom is -0.378 e. The van der Waals surface area contributed by atoms with E-state index in [9.17, 15) is 8.42 Å². The van der Waals surface area contributed by atoms with Gasteiger partial charge in [0.2, 0.25) is 10.0 Å². The van der Waals surface area contributed by atoms with Crippen molar-refractivity contribution in [2.75, 3.05) is 17.7 Å². The highest BCUT2D eigenvalue weighted by molar-refractivity contribution is 9.09. The number of nitrogens with one attached hydrogen (secondary N) is 1. The Labute approximate surface area is 125 Å². The zero-order valence-electron chi connectivity index (χ0n) is 12.1. The summed E-state index contributed by atoms with van der Waals surface area (Å²) < 4.78 is 32.5. The van der Waals surface area contributed by atoms with Gasteiger partial charge in [0.25, 0.3) is 0 Å². The van der Waals surface area contributed by atoms with Crippen LogP contribution in [0.1, 0.15) is 46.5 Å². The first-order valence-electron chi connectivity index (χ1n) is 6.98. The van der Waals surface area contributed by atoms with Crippen molar-refractivity contribution in [3.05, 3.63) is 0 Å². The van der Waals surface area contributed by atoms with Crippen LogP contribution in [0.2, 0.25) is 0 Å². The Bertz CT molecular complexity index is 372. The fourth-order valence-corrected chi connectivity index (χ4v) is 4.85. The lowest BCUT2D eigenvalue weighted by Gasteiger charge is -2.39. The molecule has 0 spiro atoms. The maximum atomic E-state index is 12.1. The van der Waals surface area contributed by atoms with Crippen molar-refractivity contribution in [1.82, 2.24) is 4.72 Å². The molecular weight excluding hydrogens is 330 g/mol. The topological polar surface area (TPSA) is 55.4 Å². The molecule has 0 aromatic carbocycles. The van der Waals surface area contributed by atoms with Crippen molar-refractivity contribution in [3.8, 4) is 0 Å². The van der Waals surface area contributed by atoms with Gasteiger partial charge in [-0.05, 0) is 32.6 Å². The van der Waals surface area contributed by atoms with Crippen molar-refractivity contribution >= 4 is 26.0 Å². The molecule has 0 bridgehead atoms. The molecule has 19 heavy (non-hydrogen) atoms. The molecule has 0 aromatic heterocycles. The molecule has 1 N–H and O–H groups in total. The van der Waals surface area contributed by atoms with Crippen LogP contribution in [-0.4, -0.2) is 37.8 Å². The van der Waals surface area contributed by atoms with E-state index >= 15 is 0 Å². The summed E-state index contributed by atoms with van der Waals surface area (Å²) in [6.45, 7) is 6.25. The average molecular weight is 356 g/mol. The average Bonchev–Trinajstić information content (AvgIpc) is 2.27. The van der Waals surface area contributed by atoms with E-state index in [0.717, 1.165) is 19.3 Å². The second-order valence-electron chi connectivity index (χ2n) is 5.96. The Hall–Kier alpha value is 0.350. The summed E-state index contributed by atoms with van der Waals surface area (Å²) in [6, 6.07) is 0. The molecule has 0 aliphatic heterocycles. The van der Waals surface area contributed by atoms with Crippen LogP contribution in [0.15, 0.2) is 0 Å². The Kier molecular flexibility index (Phi) is 6.76. The number of ether oxygens (including phenoxy) is 1. The Morgan fingerprint density at radius 3 is 2.68 bits per heavy atom. The molecule has 1 aliphatic carbocycles. The molecule has 1 aliphatic rings. The molecule has 0 radical (unpaired) electrons. The molecule has 1 saturated carbocycles. The highest BCUT2D eigenvalue weighted by atomic mass is 79.9. The van der Waals surface area contributed by atoms with Gasteiger partial charge in [0.1, 0.15) is 0 Å². The summed E-state index contributed by atoms with van der Waals surface area (Å²) >= 11 is 3.48. The van der Waals surface area contributed by atoms with E-state index in [2.05, 4.69) is 27.6 Å².